The number of aliphatic imine (C=N–C) groups is 2. The van der Waals surface area contributed by atoms with Gasteiger partial charge in [-0.2, -0.15) is 0 Å². The second kappa shape index (κ2) is 10.5. The molecule has 0 atom stereocenters. The van der Waals surface area contributed by atoms with Crippen LogP contribution in [-0.2, 0) is 12.3 Å². The van der Waals surface area contributed by atoms with E-state index in [9.17, 15) is 0 Å². The number of nitrogens with zero attached hydrogens (tertiary/aromatic N) is 2. The molecule has 0 aliphatic rings. The average Bonchev–Trinajstić information content (AvgIpc) is 2.45. The zero-order valence-electron chi connectivity index (χ0n) is 12.7. The SMILES string of the molecule is Cc1ccccc1N=CC=Nc1ccccc1C.[Cl][Ti]([Cl])([Cl])[Cl]. The second-order valence-electron chi connectivity index (χ2n) is 4.56. The van der Waals surface area contributed by atoms with Gasteiger partial charge in [-0.25, -0.2) is 0 Å². The summed E-state index contributed by atoms with van der Waals surface area (Å²) in [7, 11) is 20.1. The number of hydrogen-bond acceptors (Lipinski definition) is 2. The van der Waals surface area contributed by atoms with Crippen LogP contribution in [0.15, 0.2) is 58.5 Å². The number of para-hydroxylation sites is 2. The minimum absolute atomic E-state index is 0.980. The fourth-order valence-electron chi connectivity index (χ4n) is 1.64. The summed E-state index contributed by atoms with van der Waals surface area (Å²) in [4.78, 5) is 8.75. The van der Waals surface area contributed by atoms with Crippen LogP contribution in [0.5, 0.6) is 0 Å². The Morgan fingerprint density at radius 2 is 1.00 bits per heavy atom. The van der Waals surface area contributed by atoms with Crippen LogP contribution in [0.1, 0.15) is 11.1 Å². The molecule has 2 aromatic carbocycles. The van der Waals surface area contributed by atoms with E-state index >= 15 is 0 Å². The molecule has 2 aromatic rings. The topological polar surface area (TPSA) is 24.7 Å². The van der Waals surface area contributed by atoms with Gasteiger partial charge >= 0.3 is 49.6 Å². The Kier molecular flexibility index (Phi) is 9.45. The Labute approximate surface area is 156 Å². The maximum atomic E-state index is 5.01. The molecule has 0 unspecified atom stereocenters. The van der Waals surface area contributed by atoms with E-state index in [-0.39, 0.29) is 0 Å². The van der Waals surface area contributed by atoms with E-state index in [1.165, 1.54) is 0 Å². The summed E-state index contributed by atoms with van der Waals surface area (Å²) in [5.41, 5.74) is 4.29. The Bertz CT molecular complexity index is 622. The molecule has 0 aromatic heterocycles. The van der Waals surface area contributed by atoms with E-state index in [1.54, 1.807) is 12.4 Å². The fourth-order valence-corrected chi connectivity index (χ4v) is 1.64. The number of benzene rings is 2. The Morgan fingerprint density at radius 1 is 0.696 bits per heavy atom. The molecule has 122 valence electrons. The van der Waals surface area contributed by atoms with Crippen LogP contribution in [0.2, 0.25) is 0 Å². The molecular formula is C16H16Cl4N2Ti. The number of rotatable bonds is 3. The fraction of sp³-hybridized carbons (Fsp3) is 0.125. The Morgan fingerprint density at radius 3 is 1.30 bits per heavy atom. The van der Waals surface area contributed by atoms with Gasteiger partial charge in [-0.3, -0.25) is 9.98 Å². The van der Waals surface area contributed by atoms with Crippen LogP contribution in [-0.4, -0.2) is 12.4 Å². The summed E-state index contributed by atoms with van der Waals surface area (Å²) in [5, 5.41) is 0. The second-order valence-corrected chi connectivity index (χ2v) is 20.0. The molecular weight excluding hydrogens is 410 g/mol. The van der Waals surface area contributed by atoms with Crippen LogP contribution in [0.4, 0.5) is 11.4 Å². The first-order chi connectivity index (χ1) is 10.8. The van der Waals surface area contributed by atoms with Crippen molar-refractivity contribution in [2.75, 3.05) is 0 Å². The van der Waals surface area contributed by atoms with Gasteiger partial charge in [-0.1, -0.05) is 36.4 Å². The third-order valence-corrected chi connectivity index (χ3v) is 2.72. The van der Waals surface area contributed by atoms with Gasteiger partial charge in [0.05, 0.1) is 11.4 Å². The van der Waals surface area contributed by atoms with Gasteiger partial charge in [0.25, 0.3) is 0 Å². The van der Waals surface area contributed by atoms with Crippen LogP contribution >= 0.6 is 37.2 Å². The molecule has 0 bridgehead atoms. The van der Waals surface area contributed by atoms with Gasteiger partial charge in [0, 0.05) is 12.4 Å². The predicted octanol–water partition coefficient (Wildman–Crippen LogP) is 7.16. The Balaban J connectivity index is 0.000000463. The van der Waals surface area contributed by atoms with Crippen molar-refractivity contribution >= 4 is 61.0 Å². The summed E-state index contributed by atoms with van der Waals surface area (Å²) >= 11 is -3.11. The van der Waals surface area contributed by atoms with Crippen LogP contribution in [0.3, 0.4) is 0 Å². The molecule has 2 nitrogen and oxygen atoms in total. The minimum atomic E-state index is -3.11. The van der Waals surface area contributed by atoms with E-state index in [0.29, 0.717) is 0 Å². The van der Waals surface area contributed by atoms with E-state index in [4.69, 9.17) is 37.2 Å². The monoisotopic (exact) mass is 424 g/mol. The van der Waals surface area contributed by atoms with E-state index in [2.05, 4.69) is 9.98 Å². The maximum absolute atomic E-state index is 5.01. The van der Waals surface area contributed by atoms with Crippen molar-refractivity contribution < 1.29 is 12.3 Å². The predicted molar refractivity (Wildman–Crippen MR) is 102 cm³/mol. The van der Waals surface area contributed by atoms with Crippen molar-refractivity contribution in [2.24, 2.45) is 9.98 Å². The van der Waals surface area contributed by atoms with E-state index in [0.717, 1.165) is 22.5 Å². The quantitative estimate of drug-likeness (QED) is 0.368. The van der Waals surface area contributed by atoms with Crippen LogP contribution < -0.4 is 0 Å². The third kappa shape index (κ3) is 10.2. The van der Waals surface area contributed by atoms with Crippen molar-refractivity contribution in [3.05, 3.63) is 59.7 Å². The van der Waals surface area contributed by atoms with Crippen molar-refractivity contribution in [2.45, 2.75) is 13.8 Å². The number of halogens is 4. The summed E-state index contributed by atoms with van der Waals surface area (Å²) < 4.78 is 0. The normalized spacial score (nSPS) is 11.6. The molecule has 0 fully saturated rings. The van der Waals surface area contributed by atoms with Crippen molar-refractivity contribution in [1.29, 1.82) is 0 Å². The molecule has 0 amide bonds. The molecule has 7 heteroatoms. The molecule has 0 spiro atoms. The summed E-state index contributed by atoms with van der Waals surface area (Å²) in [5.74, 6) is 0. The van der Waals surface area contributed by atoms with Gasteiger partial charge in [-0.05, 0) is 37.1 Å². The van der Waals surface area contributed by atoms with E-state index < -0.39 is 12.3 Å². The van der Waals surface area contributed by atoms with Crippen molar-refractivity contribution in [3.63, 3.8) is 0 Å². The summed E-state index contributed by atoms with van der Waals surface area (Å²) in [6.07, 6.45) is 3.46. The summed E-state index contributed by atoms with van der Waals surface area (Å²) in [6, 6.07) is 16.1. The van der Waals surface area contributed by atoms with Crippen LogP contribution in [0, 0.1) is 13.8 Å². The van der Waals surface area contributed by atoms with Gasteiger partial charge in [-0.15, -0.1) is 0 Å². The zero-order valence-corrected chi connectivity index (χ0v) is 17.3. The van der Waals surface area contributed by atoms with E-state index in [1.807, 2.05) is 62.4 Å². The molecule has 0 heterocycles. The molecule has 0 N–H and O–H groups in total. The molecule has 0 aliphatic heterocycles. The molecule has 0 saturated carbocycles. The van der Waals surface area contributed by atoms with Gasteiger partial charge in [0.2, 0.25) is 0 Å². The first kappa shape index (κ1) is 20.7. The molecule has 0 saturated heterocycles. The Hall–Kier alpha value is -0.346. The average molecular weight is 426 g/mol. The van der Waals surface area contributed by atoms with Gasteiger partial charge in [0.1, 0.15) is 0 Å². The zero-order chi connectivity index (χ0) is 17.3. The van der Waals surface area contributed by atoms with Crippen molar-refractivity contribution in [1.82, 2.24) is 0 Å². The van der Waals surface area contributed by atoms with Crippen LogP contribution in [0.25, 0.3) is 0 Å². The number of hydrogen-bond donors (Lipinski definition) is 0. The van der Waals surface area contributed by atoms with Gasteiger partial charge < -0.3 is 0 Å². The standard InChI is InChI=1S/C16H16N2.4ClH.Ti/c1-13-7-3-5-9-15(13)17-11-12-18-16-10-6-4-8-14(16)2;;;;;/h3-12H,1-2H3;4*1H;/q;;;;;+4/p-4. The molecule has 2 rings (SSSR count). The third-order valence-electron chi connectivity index (χ3n) is 2.72. The summed E-state index contributed by atoms with van der Waals surface area (Å²) in [6.45, 7) is 4.09. The van der Waals surface area contributed by atoms with Crippen molar-refractivity contribution in [3.8, 4) is 0 Å². The van der Waals surface area contributed by atoms with Gasteiger partial charge in [0.15, 0.2) is 0 Å². The number of aryl methyl sites for hydroxylation is 2. The molecule has 0 radical (unpaired) electrons. The molecule has 23 heavy (non-hydrogen) atoms. The first-order valence-corrected chi connectivity index (χ1v) is 15.3. The first-order valence-electron chi connectivity index (χ1n) is 6.71. The molecule has 0 aliphatic carbocycles.